The Balaban J connectivity index is 1.28. The van der Waals surface area contributed by atoms with Gasteiger partial charge >= 0.3 is 0 Å². The smallest absolute Gasteiger partial charge is 0.226 e. The molecule has 5 rings (SSSR count). The average Bonchev–Trinajstić information content (AvgIpc) is 3.15. The van der Waals surface area contributed by atoms with Crippen LogP contribution in [-0.2, 0) is 6.54 Å². The second-order valence-electron chi connectivity index (χ2n) is 7.68. The zero-order valence-corrected chi connectivity index (χ0v) is 16.7. The molecule has 29 heavy (non-hydrogen) atoms. The molecule has 0 spiro atoms. The zero-order chi connectivity index (χ0) is 19.6. The summed E-state index contributed by atoms with van der Waals surface area (Å²) in [7, 11) is 0. The summed E-state index contributed by atoms with van der Waals surface area (Å²) < 4.78 is 6.03. The van der Waals surface area contributed by atoms with Crippen molar-refractivity contribution >= 4 is 16.5 Å². The Morgan fingerprint density at radius 3 is 2.34 bits per heavy atom. The molecular weight excluding hydrogens is 358 g/mol. The van der Waals surface area contributed by atoms with Gasteiger partial charge in [0.1, 0.15) is 5.76 Å². The molecule has 0 atom stereocenters. The third-order valence-corrected chi connectivity index (χ3v) is 5.76. The molecule has 1 aromatic heterocycles. The molecule has 4 aromatic rings. The first kappa shape index (κ1) is 18.0. The van der Waals surface area contributed by atoms with Gasteiger partial charge in [-0.15, -0.1) is 0 Å². The van der Waals surface area contributed by atoms with Crippen molar-refractivity contribution in [2.75, 3.05) is 31.1 Å². The summed E-state index contributed by atoms with van der Waals surface area (Å²) >= 11 is 0. The molecule has 0 aliphatic carbocycles. The van der Waals surface area contributed by atoms with Gasteiger partial charge in [0.15, 0.2) is 0 Å². The minimum absolute atomic E-state index is 0.714. The number of hydrogen-bond acceptors (Lipinski definition) is 4. The van der Waals surface area contributed by atoms with E-state index in [0.29, 0.717) is 5.89 Å². The summed E-state index contributed by atoms with van der Waals surface area (Å²) in [5.41, 5.74) is 3.39. The van der Waals surface area contributed by atoms with Gasteiger partial charge in [0.25, 0.3) is 0 Å². The van der Waals surface area contributed by atoms with Crippen LogP contribution in [0.15, 0.2) is 77.2 Å². The standard InChI is InChI=1S/C25H25N3O/c1-19-24(18-27-13-15-28(16-14-27)23-9-3-2-4-10-23)26-25(29-19)22-12-11-20-7-5-6-8-21(20)17-22/h2-12,17H,13-16,18H2,1H3. The number of aryl methyl sites for hydroxylation is 1. The van der Waals surface area contributed by atoms with E-state index in [1.54, 1.807) is 0 Å². The monoisotopic (exact) mass is 383 g/mol. The van der Waals surface area contributed by atoms with Crippen LogP contribution in [0.3, 0.4) is 0 Å². The summed E-state index contributed by atoms with van der Waals surface area (Å²) in [6, 6.07) is 25.4. The average molecular weight is 383 g/mol. The van der Waals surface area contributed by atoms with Crippen molar-refractivity contribution in [3.05, 3.63) is 84.3 Å². The lowest BCUT2D eigenvalue weighted by molar-refractivity contribution is 0.246. The summed E-state index contributed by atoms with van der Waals surface area (Å²) in [5.74, 6) is 1.63. The van der Waals surface area contributed by atoms with Crippen molar-refractivity contribution in [2.45, 2.75) is 13.5 Å². The highest BCUT2D eigenvalue weighted by atomic mass is 16.4. The first-order chi connectivity index (χ1) is 14.3. The van der Waals surface area contributed by atoms with E-state index in [1.165, 1.54) is 16.5 Å². The van der Waals surface area contributed by atoms with E-state index in [4.69, 9.17) is 9.40 Å². The Kier molecular flexibility index (Phi) is 4.78. The van der Waals surface area contributed by atoms with Crippen LogP contribution in [0.2, 0.25) is 0 Å². The fourth-order valence-electron chi connectivity index (χ4n) is 4.04. The lowest BCUT2D eigenvalue weighted by Crippen LogP contribution is -2.46. The molecule has 146 valence electrons. The minimum Gasteiger partial charge on any atom is -0.441 e. The fourth-order valence-corrected chi connectivity index (χ4v) is 4.04. The summed E-state index contributed by atoms with van der Waals surface area (Å²) in [5, 5.41) is 2.44. The Morgan fingerprint density at radius 2 is 1.55 bits per heavy atom. The SMILES string of the molecule is Cc1oc(-c2ccc3ccccc3c2)nc1CN1CCN(c2ccccc2)CC1. The Hall–Kier alpha value is -3.11. The number of anilines is 1. The molecule has 0 radical (unpaired) electrons. The van der Waals surface area contributed by atoms with Crippen molar-refractivity contribution in [1.82, 2.24) is 9.88 Å². The highest BCUT2D eigenvalue weighted by molar-refractivity contribution is 5.86. The van der Waals surface area contributed by atoms with Gasteiger partial charge in [-0.25, -0.2) is 4.98 Å². The first-order valence-electron chi connectivity index (χ1n) is 10.2. The van der Waals surface area contributed by atoms with Gasteiger partial charge in [-0.05, 0) is 42.0 Å². The topological polar surface area (TPSA) is 32.5 Å². The van der Waals surface area contributed by atoms with Crippen LogP contribution >= 0.6 is 0 Å². The van der Waals surface area contributed by atoms with Crippen molar-refractivity contribution in [3.8, 4) is 11.5 Å². The third-order valence-electron chi connectivity index (χ3n) is 5.76. The van der Waals surface area contributed by atoms with Gasteiger partial charge in [0.05, 0.1) is 5.69 Å². The van der Waals surface area contributed by atoms with Crippen LogP contribution in [0.25, 0.3) is 22.2 Å². The highest BCUT2D eigenvalue weighted by Crippen LogP contribution is 2.26. The number of benzene rings is 3. The van der Waals surface area contributed by atoms with Gasteiger partial charge < -0.3 is 9.32 Å². The quantitative estimate of drug-likeness (QED) is 0.489. The zero-order valence-electron chi connectivity index (χ0n) is 16.7. The van der Waals surface area contributed by atoms with Crippen LogP contribution in [0, 0.1) is 6.92 Å². The van der Waals surface area contributed by atoms with Gasteiger partial charge in [-0.1, -0.05) is 48.5 Å². The lowest BCUT2D eigenvalue weighted by Gasteiger charge is -2.35. The first-order valence-corrected chi connectivity index (χ1v) is 10.2. The number of para-hydroxylation sites is 1. The number of oxazole rings is 1. The Morgan fingerprint density at radius 1 is 0.828 bits per heavy atom. The number of rotatable bonds is 4. The maximum absolute atomic E-state index is 6.03. The number of hydrogen-bond donors (Lipinski definition) is 0. The van der Waals surface area contributed by atoms with E-state index in [-0.39, 0.29) is 0 Å². The van der Waals surface area contributed by atoms with Crippen LogP contribution in [0.1, 0.15) is 11.5 Å². The van der Waals surface area contributed by atoms with E-state index in [9.17, 15) is 0 Å². The van der Waals surface area contributed by atoms with Crippen LogP contribution in [0.5, 0.6) is 0 Å². The summed E-state index contributed by atoms with van der Waals surface area (Å²) in [4.78, 5) is 9.75. The third kappa shape index (κ3) is 3.76. The van der Waals surface area contributed by atoms with Gasteiger partial charge in [0, 0.05) is 44.0 Å². The maximum atomic E-state index is 6.03. The molecule has 0 N–H and O–H groups in total. The molecule has 4 heteroatoms. The van der Waals surface area contributed by atoms with E-state index in [2.05, 4.69) is 82.6 Å². The predicted molar refractivity (Wildman–Crippen MR) is 118 cm³/mol. The number of fused-ring (bicyclic) bond motifs is 1. The normalized spacial score (nSPS) is 15.1. The molecule has 1 saturated heterocycles. The van der Waals surface area contributed by atoms with Crippen molar-refractivity contribution in [3.63, 3.8) is 0 Å². The van der Waals surface area contributed by atoms with Gasteiger partial charge in [0.2, 0.25) is 5.89 Å². The lowest BCUT2D eigenvalue weighted by atomic mass is 10.1. The molecule has 1 fully saturated rings. The molecule has 0 unspecified atom stereocenters. The molecule has 0 saturated carbocycles. The molecule has 2 heterocycles. The molecule has 1 aliphatic rings. The molecule has 4 nitrogen and oxygen atoms in total. The number of aromatic nitrogens is 1. The minimum atomic E-state index is 0.714. The van der Waals surface area contributed by atoms with Gasteiger partial charge in [-0.2, -0.15) is 0 Å². The summed E-state index contributed by atoms with van der Waals surface area (Å²) in [6.45, 7) is 7.01. The van der Waals surface area contributed by atoms with Crippen LogP contribution < -0.4 is 4.90 Å². The number of nitrogens with zero attached hydrogens (tertiary/aromatic N) is 3. The molecule has 0 bridgehead atoms. The number of piperazine rings is 1. The largest absolute Gasteiger partial charge is 0.441 e. The predicted octanol–water partition coefficient (Wildman–Crippen LogP) is 5.13. The fraction of sp³-hybridized carbons (Fsp3) is 0.240. The second-order valence-corrected chi connectivity index (χ2v) is 7.68. The van der Waals surface area contributed by atoms with E-state index < -0.39 is 0 Å². The van der Waals surface area contributed by atoms with Crippen LogP contribution in [0.4, 0.5) is 5.69 Å². The molecule has 1 aliphatic heterocycles. The van der Waals surface area contributed by atoms with Crippen molar-refractivity contribution in [1.29, 1.82) is 0 Å². The van der Waals surface area contributed by atoms with Crippen LogP contribution in [-0.4, -0.2) is 36.1 Å². The molecule has 0 amide bonds. The van der Waals surface area contributed by atoms with E-state index in [1.807, 2.05) is 6.92 Å². The molecular formula is C25H25N3O. The Bertz CT molecular complexity index is 1110. The van der Waals surface area contributed by atoms with Crippen molar-refractivity contribution < 1.29 is 4.42 Å². The second kappa shape index (κ2) is 7.72. The maximum Gasteiger partial charge on any atom is 0.226 e. The van der Waals surface area contributed by atoms with E-state index in [0.717, 1.165) is 49.7 Å². The van der Waals surface area contributed by atoms with Crippen molar-refractivity contribution in [2.24, 2.45) is 0 Å². The highest BCUT2D eigenvalue weighted by Gasteiger charge is 2.20. The van der Waals surface area contributed by atoms with Gasteiger partial charge in [-0.3, -0.25) is 4.90 Å². The Labute approximate surface area is 171 Å². The van der Waals surface area contributed by atoms with E-state index >= 15 is 0 Å². The molecule has 3 aromatic carbocycles. The summed E-state index contributed by atoms with van der Waals surface area (Å²) in [6.07, 6.45) is 0.